The van der Waals surface area contributed by atoms with E-state index in [0.717, 1.165) is 11.7 Å². The number of nitrogens with zero attached hydrogens (tertiary/aromatic N) is 3. The molecule has 4 nitrogen and oxygen atoms in total. The lowest BCUT2D eigenvalue weighted by atomic mass is 9.92. The van der Waals surface area contributed by atoms with Crippen LogP contribution in [0.3, 0.4) is 0 Å². The Labute approximate surface area is 96.7 Å². The topological polar surface area (TPSA) is 38.2 Å². The molecule has 0 spiro atoms. The quantitative estimate of drug-likeness (QED) is 0.781. The third-order valence-electron chi connectivity index (χ3n) is 2.92. The lowest BCUT2D eigenvalue weighted by molar-refractivity contribution is 0.240. The van der Waals surface area contributed by atoms with Gasteiger partial charge in [0.2, 0.25) is 5.95 Å². The van der Waals surface area contributed by atoms with Gasteiger partial charge in [0, 0.05) is 13.1 Å². The molecule has 1 aliphatic carbocycles. The van der Waals surface area contributed by atoms with E-state index in [0.29, 0.717) is 6.04 Å². The van der Waals surface area contributed by atoms with E-state index in [1.165, 1.54) is 19.3 Å². The largest absolute Gasteiger partial charge is 0.488 e. The van der Waals surface area contributed by atoms with Crippen molar-refractivity contribution in [3.63, 3.8) is 0 Å². The Morgan fingerprint density at radius 2 is 1.94 bits per heavy atom. The average molecular weight is 221 g/mol. The summed E-state index contributed by atoms with van der Waals surface area (Å²) in [6.45, 7) is 3.99. The minimum atomic E-state index is 0.166. The van der Waals surface area contributed by atoms with Gasteiger partial charge in [0.15, 0.2) is 5.75 Å². The Hall–Kier alpha value is -1.32. The maximum atomic E-state index is 5.51. The summed E-state index contributed by atoms with van der Waals surface area (Å²) in [5.41, 5.74) is 0. The van der Waals surface area contributed by atoms with Gasteiger partial charge in [-0.25, -0.2) is 9.97 Å². The van der Waals surface area contributed by atoms with Crippen LogP contribution < -0.4 is 9.64 Å². The molecule has 0 unspecified atom stereocenters. The Morgan fingerprint density at radius 1 is 1.31 bits per heavy atom. The first-order chi connectivity index (χ1) is 7.66. The molecule has 0 radical (unpaired) electrons. The standard InChI is InChI=1S/C12H19N3O/c1-9(2)16-11-7-13-12(14-8-11)15(3)10-5-4-6-10/h7-10H,4-6H2,1-3H3. The minimum absolute atomic E-state index is 0.166. The third-order valence-corrected chi connectivity index (χ3v) is 2.92. The summed E-state index contributed by atoms with van der Waals surface area (Å²) in [7, 11) is 2.06. The minimum Gasteiger partial charge on any atom is -0.488 e. The van der Waals surface area contributed by atoms with Crippen molar-refractivity contribution >= 4 is 5.95 Å². The molecule has 0 amide bonds. The molecule has 0 aromatic carbocycles. The van der Waals surface area contributed by atoms with E-state index >= 15 is 0 Å². The van der Waals surface area contributed by atoms with E-state index < -0.39 is 0 Å². The van der Waals surface area contributed by atoms with Gasteiger partial charge in [-0.2, -0.15) is 0 Å². The predicted molar refractivity (Wildman–Crippen MR) is 63.8 cm³/mol. The van der Waals surface area contributed by atoms with Gasteiger partial charge in [-0.05, 0) is 33.1 Å². The molecular formula is C12H19N3O. The zero-order valence-corrected chi connectivity index (χ0v) is 10.2. The highest BCUT2D eigenvalue weighted by molar-refractivity contribution is 5.32. The number of ether oxygens (including phenoxy) is 1. The van der Waals surface area contributed by atoms with Crippen LogP contribution in [0.25, 0.3) is 0 Å². The lowest BCUT2D eigenvalue weighted by Crippen LogP contribution is -2.38. The van der Waals surface area contributed by atoms with Gasteiger partial charge in [-0.3, -0.25) is 0 Å². The molecule has 0 bridgehead atoms. The Morgan fingerprint density at radius 3 is 2.38 bits per heavy atom. The van der Waals surface area contributed by atoms with Crippen molar-refractivity contribution in [2.45, 2.75) is 45.3 Å². The van der Waals surface area contributed by atoms with Crippen LogP contribution in [0.5, 0.6) is 5.75 Å². The maximum Gasteiger partial charge on any atom is 0.225 e. The molecule has 4 heteroatoms. The van der Waals surface area contributed by atoms with Crippen LogP contribution >= 0.6 is 0 Å². The second-order valence-electron chi connectivity index (χ2n) is 4.58. The van der Waals surface area contributed by atoms with E-state index in [9.17, 15) is 0 Å². The van der Waals surface area contributed by atoms with Crippen LogP contribution in [0.4, 0.5) is 5.95 Å². The summed E-state index contributed by atoms with van der Waals surface area (Å²) >= 11 is 0. The molecule has 1 heterocycles. The molecule has 16 heavy (non-hydrogen) atoms. The molecule has 2 rings (SSSR count). The van der Waals surface area contributed by atoms with Crippen molar-refractivity contribution in [3.05, 3.63) is 12.4 Å². The molecule has 0 saturated heterocycles. The normalized spacial score (nSPS) is 16.0. The predicted octanol–water partition coefficient (Wildman–Crippen LogP) is 2.25. The zero-order valence-electron chi connectivity index (χ0n) is 10.2. The molecule has 88 valence electrons. The summed E-state index contributed by atoms with van der Waals surface area (Å²) in [5.74, 6) is 1.53. The van der Waals surface area contributed by atoms with Gasteiger partial charge in [-0.1, -0.05) is 0 Å². The van der Waals surface area contributed by atoms with Crippen LogP contribution in [0.15, 0.2) is 12.4 Å². The number of aromatic nitrogens is 2. The van der Waals surface area contributed by atoms with Crippen molar-refractivity contribution in [1.29, 1.82) is 0 Å². The monoisotopic (exact) mass is 221 g/mol. The number of rotatable bonds is 4. The van der Waals surface area contributed by atoms with Crippen LogP contribution in [-0.2, 0) is 0 Å². The van der Waals surface area contributed by atoms with Crippen LogP contribution in [-0.4, -0.2) is 29.2 Å². The summed E-state index contributed by atoms with van der Waals surface area (Å²) < 4.78 is 5.51. The van der Waals surface area contributed by atoms with E-state index in [-0.39, 0.29) is 6.10 Å². The Bertz CT molecular complexity index is 333. The second kappa shape index (κ2) is 4.68. The number of hydrogen-bond donors (Lipinski definition) is 0. The van der Waals surface area contributed by atoms with Gasteiger partial charge in [0.25, 0.3) is 0 Å². The molecular weight excluding hydrogens is 202 g/mol. The van der Waals surface area contributed by atoms with Crippen molar-refractivity contribution < 1.29 is 4.74 Å². The highest BCUT2D eigenvalue weighted by Crippen LogP contribution is 2.26. The fraction of sp³-hybridized carbons (Fsp3) is 0.667. The van der Waals surface area contributed by atoms with Crippen LogP contribution in [0.2, 0.25) is 0 Å². The van der Waals surface area contributed by atoms with Gasteiger partial charge in [0.1, 0.15) is 0 Å². The molecule has 1 saturated carbocycles. The van der Waals surface area contributed by atoms with Gasteiger partial charge >= 0.3 is 0 Å². The van der Waals surface area contributed by atoms with E-state index in [2.05, 4.69) is 21.9 Å². The van der Waals surface area contributed by atoms with Gasteiger partial charge in [-0.15, -0.1) is 0 Å². The molecule has 1 fully saturated rings. The van der Waals surface area contributed by atoms with E-state index in [4.69, 9.17) is 4.74 Å². The fourth-order valence-corrected chi connectivity index (χ4v) is 1.76. The lowest BCUT2D eigenvalue weighted by Gasteiger charge is -2.34. The van der Waals surface area contributed by atoms with Crippen molar-refractivity contribution in [2.24, 2.45) is 0 Å². The Balaban J connectivity index is 2.00. The molecule has 1 aliphatic rings. The molecule has 0 aliphatic heterocycles. The third kappa shape index (κ3) is 2.43. The highest BCUT2D eigenvalue weighted by Gasteiger charge is 2.23. The molecule has 1 aromatic rings. The second-order valence-corrected chi connectivity index (χ2v) is 4.58. The molecule has 1 aromatic heterocycles. The van der Waals surface area contributed by atoms with Crippen LogP contribution in [0.1, 0.15) is 33.1 Å². The highest BCUT2D eigenvalue weighted by atomic mass is 16.5. The first-order valence-electron chi connectivity index (χ1n) is 5.88. The van der Waals surface area contributed by atoms with Crippen molar-refractivity contribution in [1.82, 2.24) is 9.97 Å². The summed E-state index contributed by atoms with van der Waals surface area (Å²) in [5, 5.41) is 0. The summed E-state index contributed by atoms with van der Waals surface area (Å²) in [6, 6.07) is 0.622. The zero-order chi connectivity index (χ0) is 11.5. The maximum absolute atomic E-state index is 5.51. The molecule has 0 N–H and O–H groups in total. The number of hydrogen-bond acceptors (Lipinski definition) is 4. The molecule has 0 atom stereocenters. The van der Waals surface area contributed by atoms with Crippen LogP contribution in [0, 0.1) is 0 Å². The summed E-state index contributed by atoms with van der Waals surface area (Å²) in [4.78, 5) is 10.8. The van der Waals surface area contributed by atoms with Gasteiger partial charge in [0.05, 0.1) is 18.5 Å². The smallest absolute Gasteiger partial charge is 0.225 e. The SMILES string of the molecule is CC(C)Oc1cnc(N(C)C2CCC2)nc1. The van der Waals surface area contributed by atoms with Crippen molar-refractivity contribution in [2.75, 3.05) is 11.9 Å². The van der Waals surface area contributed by atoms with Crippen molar-refractivity contribution in [3.8, 4) is 5.75 Å². The van der Waals surface area contributed by atoms with E-state index in [1.54, 1.807) is 12.4 Å². The first-order valence-corrected chi connectivity index (χ1v) is 5.88. The van der Waals surface area contributed by atoms with E-state index in [1.807, 2.05) is 13.8 Å². The Kier molecular flexibility index (Phi) is 3.27. The van der Waals surface area contributed by atoms with Gasteiger partial charge < -0.3 is 9.64 Å². The summed E-state index contributed by atoms with van der Waals surface area (Å²) in [6.07, 6.45) is 7.49. The number of anilines is 1. The fourth-order valence-electron chi connectivity index (χ4n) is 1.76. The first kappa shape index (κ1) is 11.2. The average Bonchev–Trinajstić information content (AvgIpc) is 2.15.